The van der Waals surface area contributed by atoms with E-state index < -0.39 is 0 Å². The molecule has 0 unspecified atom stereocenters. The highest BCUT2D eigenvalue weighted by Gasteiger charge is 2.24. The van der Waals surface area contributed by atoms with Crippen molar-refractivity contribution in [1.82, 2.24) is 14.5 Å². The summed E-state index contributed by atoms with van der Waals surface area (Å²) in [5, 5.41) is 10.4. The van der Waals surface area contributed by atoms with E-state index in [4.69, 9.17) is 14.4 Å². The van der Waals surface area contributed by atoms with E-state index in [-0.39, 0.29) is 0 Å². The number of hydrogen-bond donors (Lipinski definition) is 0. The van der Waals surface area contributed by atoms with Gasteiger partial charge in [-0.05, 0) is 45.5 Å². The maximum absolute atomic E-state index is 6.51. The Kier molecular flexibility index (Phi) is 7.90. The van der Waals surface area contributed by atoms with Crippen molar-refractivity contribution < 1.29 is 4.42 Å². The molecule has 3 aromatic heterocycles. The molecule has 4 heteroatoms. The lowest BCUT2D eigenvalue weighted by Gasteiger charge is -2.15. The van der Waals surface area contributed by atoms with Crippen LogP contribution in [0.5, 0.6) is 0 Å². The van der Waals surface area contributed by atoms with Crippen molar-refractivity contribution >= 4 is 76.2 Å². The number of aromatic nitrogens is 3. The minimum absolute atomic E-state index is 0.638. The summed E-state index contributed by atoms with van der Waals surface area (Å²) in [6, 6.07) is 66.6. The van der Waals surface area contributed by atoms with E-state index in [1.807, 2.05) is 32.0 Å². The minimum Gasteiger partial charge on any atom is -0.455 e. The van der Waals surface area contributed by atoms with Gasteiger partial charge in [0.2, 0.25) is 5.95 Å². The Bertz CT molecular complexity index is 3540. The Hall–Kier alpha value is -7.56. The number of fused-ring (bicyclic) bond motifs is 12. The van der Waals surface area contributed by atoms with Gasteiger partial charge in [0.1, 0.15) is 11.2 Å². The monoisotopic (exact) mass is 743 g/mol. The summed E-state index contributed by atoms with van der Waals surface area (Å²) in [6.45, 7) is 4.00. The molecular formula is C54H37N3O. The number of para-hydroxylation sites is 4. The van der Waals surface area contributed by atoms with E-state index in [1.54, 1.807) is 0 Å². The van der Waals surface area contributed by atoms with E-state index in [1.165, 1.54) is 21.5 Å². The number of furan rings is 1. The Balaban J connectivity index is 0.00000190. The fourth-order valence-corrected chi connectivity index (χ4v) is 8.97. The molecular weight excluding hydrogens is 707 g/mol. The van der Waals surface area contributed by atoms with Crippen molar-refractivity contribution in [3.05, 3.63) is 188 Å². The van der Waals surface area contributed by atoms with Crippen LogP contribution in [0.2, 0.25) is 0 Å². The SMILES string of the molecule is CC.c1ccc(-c2nc(-n3c4c(-c5cccc(-c6cccc7c6oc6ccccc67)c5)cccc4c4c5ccccc5c5ccccc5c43)nc3ccccc23)cc1. The van der Waals surface area contributed by atoms with Gasteiger partial charge in [-0.25, -0.2) is 9.97 Å². The number of benzene rings is 9. The second-order valence-electron chi connectivity index (χ2n) is 14.5. The van der Waals surface area contributed by atoms with E-state index in [9.17, 15) is 0 Å². The molecule has 0 bridgehead atoms. The molecule has 0 aliphatic carbocycles. The van der Waals surface area contributed by atoms with Gasteiger partial charge in [-0.2, -0.15) is 0 Å². The van der Waals surface area contributed by atoms with Gasteiger partial charge >= 0.3 is 0 Å². The van der Waals surface area contributed by atoms with Crippen LogP contribution in [0.1, 0.15) is 13.8 Å². The first-order valence-corrected chi connectivity index (χ1v) is 20.0. The molecule has 12 rings (SSSR count). The first-order valence-electron chi connectivity index (χ1n) is 20.0. The second-order valence-corrected chi connectivity index (χ2v) is 14.5. The lowest BCUT2D eigenvalue weighted by molar-refractivity contribution is 0.670. The van der Waals surface area contributed by atoms with Crippen LogP contribution in [-0.4, -0.2) is 14.5 Å². The first-order chi connectivity index (χ1) is 28.8. The molecule has 0 saturated heterocycles. The van der Waals surface area contributed by atoms with Crippen LogP contribution in [0, 0.1) is 0 Å². The topological polar surface area (TPSA) is 43.9 Å². The summed E-state index contributed by atoms with van der Waals surface area (Å²) in [4.78, 5) is 10.9. The summed E-state index contributed by atoms with van der Waals surface area (Å²) in [5.41, 5.74) is 11.2. The molecule has 0 radical (unpaired) electrons. The molecule has 0 saturated carbocycles. The molecule has 0 fully saturated rings. The highest BCUT2D eigenvalue weighted by molar-refractivity contribution is 6.33. The van der Waals surface area contributed by atoms with E-state index in [0.717, 1.165) is 88.2 Å². The van der Waals surface area contributed by atoms with Crippen molar-refractivity contribution in [3.8, 4) is 39.5 Å². The molecule has 0 aliphatic heterocycles. The molecule has 3 heterocycles. The first kappa shape index (κ1) is 33.8. The highest BCUT2D eigenvalue weighted by Crippen LogP contribution is 2.46. The molecule has 0 amide bonds. The maximum Gasteiger partial charge on any atom is 0.235 e. The van der Waals surface area contributed by atoms with Crippen molar-refractivity contribution in [2.24, 2.45) is 0 Å². The zero-order valence-corrected chi connectivity index (χ0v) is 32.1. The van der Waals surface area contributed by atoms with Gasteiger partial charge in [-0.1, -0.05) is 184 Å². The van der Waals surface area contributed by atoms with E-state index >= 15 is 0 Å². The Morgan fingerprint density at radius 1 is 0.397 bits per heavy atom. The van der Waals surface area contributed by atoms with Crippen molar-refractivity contribution in [2.75, 3.05) is 0 Å². The third-order valence-corrected chi connectivity index (χ3v) is 11.4. The predicted molar refractivity (Wildman–Crippen MR) is 244 cm³/mol. The highest BCUT2D eigenvalue weighted by atomic mass is 16.3. The molecule has 0 spiro atoms. The van der Waals surface area contributed by atoms with Crippen LogP contribution in [0.3, 0.4) is 0 Å². The predicted octanol–water partition coefficient (Wildman–Crippen LogP) is 15.0. The van der Waals surface area contributed by atoms with Crippen LogP contribution >= 0.6 is 0 Å². The number of nitrogens with zero attached hydrogens (tertiary/aromatic N) is 3. The minimum atomic E-state index is 0.638. The Morgan fingerprint density at radius 3 is 1.74 bits per heavy atom. The summed E-state index contributed by atoms with van der Waals surface area (Å²) in [5.74, 6) is 0.638. The van der Waals surface area contributed by atoms with Crippen LogP contribution < -0.4 is 0 Å². The molecule has 0 N–H and O–H groups in total. The largest absolute Gasteiger partial charge is 0.455 e. The molecule has 4 nitrogen and oxygen atoms in total. The van der Waals surface area contributed by atoms with Crippen LogP contribution in [0.4, 0.5) is 0 Å². The van der Waals surface area contributed by atoms with Gasteiger partial charge in [-0.3, -0.25) is 4.57 Å². The van der Waals surface area contributed by atoms with Gasteiger partial charge < -0.3 is 4.42 Å². The fourth-order valence-electron chi connectivity index (χ4n) is 8.97. The second kappa shape index (κ2) is 13.6. The quantitative estimate of drug-likeness (QED) is 0.169. The molecule has 0 atom stereocenters. The molecule has 0 aliphatic rings. The summed E-state index contributed by atoms with van der Waals surface area (Å²) < 4.78 is 8.85. The third kappa shape index (κ3) is 5.08. The van der Waals surface area contributed by atoms with E-state index in [0.29, 0.717) is 5.95 Å². The lowest BCUT2D eigenvalue weighted by atomic mass is 9.95. The zero-order valence-electron chi connectivity index (χ0n) is 32.1. The molecule has 274 valence electrons. The van der Waals surface area contributed by atoms with E-state index in [2.05, 4.69) is 174 Å². The van der Waals surface area contributed by atoms with Gasteiger partial charge in [-0.15, -0.1) is 0 Å². The normalized spacial score (nSPS) is 11.6. The van der Waals surface area contributed by atoms with Gasteiger partial charge in [0.05, 0.1) is 22.2 Å². The van der Waals surface area contributed by atoms with Crippen molar-refractivity contribution in [1.29, 1.82) is 0 Å². The van der Waals surface area contributed by atoms with Gasteiger partial charge in [0.15, 0.2) is 0 Å². The maximum atomic E-state index is 6.51. The van der Waals surface area contributed by atoms with Gasteiger partial charge in [0.25, 0.3) is 0 Å². The summed E-state index contributed by atoms with van der Waals surface area (Å²) >= 11 is 0. The van der Waals surface area contributed by atoms with Crippen LogP contribution in [-0.2, 0) is 0 Å². The molecule has 9 aromatic carbocycles. The standard InChI is InChI=1S/C52H31N3O.C2H6/c1-2-15-32(16-3-1)48-43-24-8-10-29-45(43)53-52(54-48)55-49-35(25-13-28-44(49)47-40-22-6-4-19-37(40)38-20-5-7-23-41(38)50(47)55)33-17-12-18-34(31-33)36-26-14-27-42-39-21-9-11-30-46(39)56-51(36)42;1-2/h1-31H;1-2H3. The number of rotatable bonds is 4. The summed E-state index contributed by atoms with van der Waals surface area (Å²) in [7, 11) is 0. The van der Waals surface area contributed by atoms with Crippen LogP contribution in [0.25, 0.3) is 116 Å². The van der Waals surface area contributed by atoms with Crippen LogP contribution in [0.15, 0.2) is 192 Å². The van der Waals surface area contributed by atoms with Gasteiger partial charge in [0, 0.05) is 49.0 Å². The molecule has 58 heavy (non-hydrogen) atoms. The fraction of sp³-hybridized carbons (Fsp3) is 0.0370. The lowest BCUT2D eigenvalue weighted by Crippen LogP contribution is -2.04. The Morgan fingerprint density at radius 2 is 0.948 bits per heavy atom. The summed E-state index contributed by atoms with van der Waals surface area (Å²) in [6.07, 6.45) is 0. The Labute approximate surface area is 335 Å². The smallest absolute Gasteiger partial charge is 0.235 e. The van der Waals surface area contributed by atoms with Crippen molar-refractivity contribution in [3.63, 3.8) is 0 Å². The third-order valence-electron chi connectivity index (χ3n) is 11.4. The average Bonchev–Trinajstić information content (AvgIpc) is 3.87. The molecule has 12 aromatic rings. The number of hydrogen-bond acceptors (Lipinski definition) is 3. The van der Waals surface area contributed by atoms with Crippen molar-refractivity contribution in [2.45, 2.75) is 13.8 Å². The average molecular weight is 744 g/mol. The zero-order chi connectivity index (χ0) is 38.7.